The Kier molecular flexibility index (Phi) is 3.85. The van der Waals surface area contributed by atoms with Gasteiger partial charge in [0.1, 0.15) is 11.6 Å². The van der Waals surface area contributed by atoms with E-state index in [2.05, 4.69) is 27.3 Å². The predicted molar refractivity (Wildman–Crippen MR) is 82.1 cm³/mol. The van der Waals surface area contributed by atoms with Crippen molar-refractivity contribution in [2.24, 2.45) is 0 Å². The summed E-state index contributed by atoms with van der Waals surface area (Å²) in [6, 6.07) is 8.65. The summed E-state index contributed by atoms with van der Waals surface area (Å²) in [6.45, 7) is 1.20. The Bertz CT molecular complexity index is 663. The van der Waals surface area contributed by atoms with Gasteiger partial charge >= 0.3 is 0 Å². The Hall–Kier alpha value is -1.26. The number of nitrogens with one attached hydrogen (secondary N) is 1. The van der Waals surface area contributed by atoms with Gasteiger partial charge < -0.3 is 10.1 Å². The summed E-state index contributed by atoms with van der Waals surface area (Å²) in [4.78, 5) is 0. The van der Waals surface area contributed by atoms with Crippen LogP contribution in [0.5, 0.6) is 5.75 Å². The molecule has 1 aliphatic rings. The van der Waals surface area contributed by atoms with Crippen LogP contribution in [0, 0.1) is 5.82 Å². The van der Waals surface area contributed by atoms with E-state index in [0.29, 0.717) is 23.9 Å². The summed E-state index contributed by atoms with van der Waals surface area (Å²) < 4.78 is 20.4. The van der Waals surface area contributed by atoms with Gasteiger partial charge in [-0.1, -0.05) is 27.5 Å². The number of benzene rings is 2. The molecule has 2 aromatic carbocycles. The molecule has 0 radical (unpaired) electrons. The molecule has 5 heteroatoms. The second-order valence-electron chi connectivity index (χ2n) is 4.63. The molecule has 0 atom stereocenters. The van der Waals surface area contributed by atoms with Crippen molar-refractivity contribution in [2.45, 2.75) is 13.0 Å². The number of anilines is 1. The molecular weight excluding hydrogens is 345 g/mol. The molecule has 0 saturated carbocycles. The minimum atomic E-state index is -0.356. The molecule has 1 N–H and O–H groups in total. The lowest BCUT2D eigenvalue weighted by atomic mass is 10.1. The molecule has 0 aromatic heterocycles. The lowest BCUT2D eigenvalue weighted by Gasteiger charge is -2.12. The van der Waals surface area contributed by atoms with Gasteiger partial charge in [0.25, 0.3) is 0 Å². The minimum absolute atomic E-state index is 0.356. The third-order valence-electron chi connectivity index (χ3n) is 3.23. The molecule has 0 spiro atoms. The van der Waals surface area contributed by atoms with Crippen LogP contribution in [-0.4, -0.2) is 6.61 Å². The zero-order valence-corrected chi connectivity index (χ0v) is 12.9. The lowest BCUT2D eigenvalue weighted by molar-refractivity contribution is 0.354. The van der Waals surface area contributed by atoms with Crippen molar-refractivity contribution in [1.29, 1.82) is 0 Å². The van der Waals surface area contributed by atoms with Crippen LogP contribution >= 0.6 is 27.5 Å². The highest BCUT2D eigenvalue weighted by Gasteiger charge is 2.17. The highest BCUT2D eigenvalue weighted by molar-refractivity contribution is 9.10. The summed E-state index contributed by atoms with van der Waals surface area (Å²) >= 11 is 9.23. The largest absolute Gasteiger partial charge is 0.493 e. The molecule has 3 rings (SSSR count). The van der Waals surface area contributed by atoms with E-state index in [0.717, 1.165) is 22.2 Å². The van der Waals surface area contributed by atoms with E-state index in [1.54, 1.807) is 12.1 Å². The average Bonchev–Trinajstić information content (AvgIpc) is 2.85. The van der Waals surface area contributed by atoms with Crippen molar-refractivity contribution >= 4 is 33.2 Å². The average molecular weight is 357 g/mol. The SMILES string of the molecule is Fc1cc(Cl)ccc1NCc1cc(Br)cc2c1OCC2. The molecule has 1 aliphatic heterocycles. The van der Waals surface area contributed by atoms with Crippen LogP contribution in [0.4, 0.5) is 10.1 Å². The zero-order chi connectivity index (χ0) is 14.1. The molecular formula is C15H12BrClFNO. The van der Waals surface area contributed by atoms with Crippen LogP contribution in [-0.2, 0) is 13.0 Å². The van der Waals surface area contributed by atoms with Gasteiger partial charge in [-0.25, -0.2) is 4.39 Å². The van der Waals surface area contributed by atoms with E-state index in [4.69, 9.17) is 16.3 Å². The molecule has 0 fully saturated rings. The van der Waals surface area contributed by atoms with Gasteiger partial charge in [0.15, 0.2) is 0 Å². The van der Waals surface area contributed by atoms with Crippen LogP contribution in [0.2, 0.25) is 5.02 Å². The van der Waals surface area contributed by atoms with E-state index in [9.17, 15) is 4.39 Å². The first-order valence-electron chi connectivity index (χ1n) is 6.26. The van der Waals surface area contributed by atoms with Gasteiger partial charge in [0.05, 0.1) is 12.3 Å². The summed E-state index contributed by atoms with van der Waals surface area (Å²) in [6.07, 6.45) is 0.914. The zero-order valence-electron chi connectivity index (χ0n) is 10.6. The van der Waals surface area contributed by atoms with Crippen LogP contribution in [0.1, 0.15) is 11.1 Å². The van der Waals surface area contributed by atoms with Crippen molar-refractivity contribution in [3.63, 3.8) is 0 Å². The number of ether oxygens (including phenoxy) is 1. The fraction of sp³-hybridized carbons (Fsp3) is 0.200. The Balaban J connectivity index is 1.82. The van der Waals surface area contributed by atoms with Gasteiger partial charge in [-0.3, -0.25) is 0 Å². The lowest BCUT2D eigenvalue weighted by Crippen LogP contribution is -2.03. The third-order valence-corrected chi connectivity index (χ3v) is 3.92. The highest BCUT2D eigenvalue weighted by atomic mass is 79.9. The van der Waals surface area contributed by atoms with Crippen LogP contribution in [0.15, 0.2) is 34.8 Å². The van der Waals surface area contributed by atoms with Crippen molar-refractivity contribution < 1.29 is 9.13 Å². The summed E-state index contributed by atoms with van der Waals surface area (Å²) in [7, 11) is 0. The summed E-state index contributed by atoms with van der Waals surface area (Å²) in [5.74, 6) is 0.556. The highest BCUT2D eigenvalue weighted by Crippen LogP contribution is 2.33. The van der Waals surface area contributed by atoms with Gasteiger partial charge in [-0.2, -0.15) is 0 Å². The van der Waals surface area contributed by atoms with E-state index >= 15 is 0 Å². The molecule has 2 nitrogen and oxygen atoms in total. The maximum atomic E-state index is 13.7. The quantitative estimate of drug-likeness (QED) is 0.854. The fourth-order valence-corrected chi connectivity index (χ4v) is 3.01. The molecule has 1 heterocycles. The number of hydrogen-bond donors (Lipinski definition) is 1. The molecule has 20 heavy (non-hydrogen) atoms. The van der Waals surface area contributed by atoms with Crippen molar-refractivity contribution in [1.82, 2.24) is 0 Å². The summed E-state index contributed by atoms with van der Waals surface area (Å²) in [5.41, 5.74) is 2.63. The van der Waals surface area contributed by atoms with E-state index in [1.165, 1.54) is 11.6 Å². The first-order chi connectivity index (χ1) is 9.63. The van der Waals surface area contributed by atoms with Crippen molar-refractivity contribution in [2.75, 3.05) is 11.9 Å². The van der Waals surface area contributed by atoms with Gasteiger partial charge in [0, 0.05) is 28.0 Å². The van der Waals surface area contributed by atoms with Gasteiger partial charge in [-0.05, 0) is 35.9 Å². The minimum Gasteiger partial charge on any atom is -0.493 e. The number of rotatable bonds is 3. The maximum Gasteiger partial charge on any atom is 0.147 e. The van der Waals surface area contributed by atoms with Crippen molar-refractivity contribution in [3.05, 3.63) is 56.8 Å². The molecule has 0 amide bonds. The molecule has 2 aromatic rings. The third kappa shape index (κ3) is 2.76. The molecule has 0 aliphatic carbocycles. The Morgan fingerprint density at radius 1 is 1.30 bits per heavy atom. The maximum absolute atomic E-state index is 13.7. The normalized spacial score (nSPS) is 12.9. The second-order valence-corrected chi connectivity index (χ2v) is 5.98. The first kappa shape index (κ1) is 13.7. The fourth-order valence-electron chi connectivity index (χ4n) is 2.30. The monoisotopic (exact) mass is 355 g/mol. The standard InChI is InChI=1S/C15H12BrClFNO/c16-11-5-9-3-4-20-15(9)10(6-11)8-19-14-2-1-12(17)7-13(14)18/h1-2,5-7,19H,3-4,8H2. The van der Waals surface area contributed by atoms with E-state index in [1.807, 2.05) is 6.07 Å². The number of fused-ring (bicyclic) bond motifs is 1. The summed E-state index contributed by atoms with van der Waals surface area (Å²) in [5, 5.41) is 3.47. The number of hydrogen-bond acceptors (Lipinski definition) is 2. The smallest absolute Gasteiger partial charge is 0.147 e. The number of halogens is 3. The van der Waals surface area contributed by atoms with Crippen molar-refractivity contribution in [3.8, 4) is 5.75 Å². The Morgan fingerprint density at radius 2 is 2.15 bits per heavy atom. The van der Waals surface area contributed by atoms with E-state index < -0.39 is 0 Å². The Morgan fingerprint density at radius 3 is 2.95 bits per heavy atom. The topological polar surface area (TPSA) is 21.3 Å². The Labute approximate surface area is 130 Å². The van der Waals surface area contributed by atoms with Crippen LogP contribution in [0.25, 0.3) is 0 Å². The molecule has 0 unspecified atom stereocenters. The molecule has 0 saturated heterocycles. The predicted octanol–water partition coefficient (Wildman–Crippen LogP) is 4.79. The van der Waals surface area contributed by atoms with Gasteiger partial charge in [0.2, 0.25) is 0 Å². The van der Waals surface area contributed by atoms with Crippen LogP contribution < -0.4 is 10.1 Å². The van der Waals surface area contributed by atoms with E-state index in [-0.39, 0.29) is 5.82 Å². The van der Waals surface area contributed by atoms with Gasteiger partial charge in [-0.15, -0.1) is 0 Å². The second kappa shape index (κ2) is 5.62. The molecule has 104 valence electrons. The first-order valence-corrected chi connectivity index (χ1v) is 7.43. The molecule has 0 bridgehead atoms. The van der Waals surface area contributed by atoms with Crippen LogP contribution in [0.3, 0.4) is 0 Å².